The van der Waals surface area contributed by atoms with E-state index in [-0.39, 0.29) is 12.0 Å². The summed E-state index contributed by atoms with van der Waals surface area (Å²) < 4.78 is 40.6. The van der Waals surface area contributed by atoms with Crippen molar-refractivity contribution < 1.29 is 17.9 Å². The van der Waals surface area contributed by atoms with Crippen molar-refractivity contribution in [1.29, 1.82) is 0 Å². The molecule has 0 aromatic carbocycles. The normalized spacial score (nSPS) is 28.3. The predicted molar refractivity (Wildman–Crippen MR) is 46.1 cm³/mol. The third-order valence-electron chi connectivity index (χ3n) is 2.30. The lowest BCUT2D eigenvalue weighted by Gasteiger charge is -2.17. The Morgan fingerprint density at radius 2 is 2.07 bits per heavy atom. The van der Waals surface area contributed by atoms with Gasteiger partial charge in [-0.3, -0.25) is 0 Å². The molecule has 1 heterocycles. The molecular weight excluding hydrogens is 197 g/mol. The van der Waals surface area contributed by atoms with Crippen molar-refractivity contribution >= 4 is 0 Å². The van der Waals surface area contributed by atoms with Crippen molar-refractivity contribution in [3.05, 3.63) is 0 Å². The highest BCUT2D eigenvalue weighted by molar-refractivity contribution is 4.81. The number of hydrogen-bond acceptors (Lipinski definition) is 3. The molecule has 1 saturated heterocycles. The summed E-state index contributed by atoms with van der Waals surface area (Å²) in [7, 11) is 1.79. The lowest BCUT2D eigenvalue weighted by atomic mass is 10.0. The molecule has 0 aliphatic carbocycles. The number of alkyl halides is 3. The van der Waals surface area contributed by atoms with Gasteiger partial charge in [0.15, 0.2) is 0 Å². The maximum absolute atomic E-state index is 11.8. The number of hydrogen-bond donors (Lipinski definition) is 2. The summed E-state index contributed by atoms with van der Waals surface area (Å²) in [6, 6.07) is 0.163. The Morgan fingerprint density at radius 3 is 2.64 bits per heavy atom. The van der Waals surface area contributed by atoms with E-state index in [9.17, 15) is 13.2 Å². The molecule has 0 aromatic rings. The van der Waals surface area contributed by atoms with Crippen LogP contribution in [0.25, 0.3) is 0 Å². The molecule has 0 amide bonds. The molecule has 1 aliphatic rings. The van der Waals surface area contributed by atoms with Crippen LogP contribution in [0.4, 0.5) is 13.2 Å². The molecule has 2 unspecified atom stereocenters. The summed E-state index contributed by atoms with van der Waals surface area (Å²) in [5.74, 6) is 0.127. The van der Waals surface area contributed by atoms with Crippen LogP contribution in [0, 0.1) is 5.92 Å². The molecule has 6 heteroatoms. The maximum Gasteiger partial charge on any atom is 0.401 e. The summed E-state index contributed by atoms with van der Waals surface area (Å²) in [6.07, 6.45) is -4.13. The second kappa shape index (κ2) is 4.95. The van der Waals surface area contributed by atoms with Crippen molar-refractivity contribution in [2.75, 3.05) is 33.4 Å². The second-order valence-corrected chi connectivity index (χ2v) is 3.44. The van der Waals surface area contributed by atoms with Gasteiger partial charge in [-0.05, 0) is 7.05 Å². The summed E-state index contributed by atoms with van der Waals surface area (Å²) in [5.41, 5.74) is 0. The van der Waals surface area contributed by atoms with E-state index in [1.807, 2.05) is 0 Å². The number of likely N-dealkylation sites (N-methyl/N-ethyl adjacent to an activating group) is 1. The zero-order valence-electron chi connectivity index (χ0n) is 8.03. The minimum atomic E-state index is -4.13. The van der Waals surface area contributed by atoms with Gasteiger partial charge in [-0.25, -0.2) is 0 Å². The van der Waals surface area contributed by atoms with Crippen molar-refractivity contribution in [2.24, 2.45) is 5.92 Å². The SMILES string of the molecule is CNC1COCC1CNCC(F)(F)F. The molecular formula is C8H15F3N2O. The molecule has 0 aromatic heterocycles. The summed E-state index contributed by atoms with van der Waals surface area (Å²) in [5, 5.41) is 5.40. The summed E-state index contributed by atoms with van der Waals surface area (Å²) >= 11 is 0. The monoisotopic (exact) mass is 212 g/mol. The zero-order chi connectivity index (χ0) is 10.6. The first-order chi connectivity index (χ1) is 6.53. The van der Waals surface area contributed by atoms with Gasteiger partial charge in [0, 0.05) is 18.5 Å². The third-order valence-corrected chi connectivity index (χ3v) is 2.30. The molecule has 1 aliphatic heterocycles. The molecule has 0 saturated carbocycles. The van der Waals surface area contributed by atoms with Gasteiger partial charge in [0.05, 0.1) is 19.8 Å². The molecule has 1 fully saturated rings. The van der Waals surface area contributed by atoms with Crippen LogP contribution in [-0.4, -0.2) is 45.6 Å². The Morgan fingerprint density at radius 1 is 1.36 bits per heavy atom. The quantitative estimate of drug-likeness (QED) is 0.706. The Kier molecular flexibility index (Phi) is 4.15. The van der Waals surface area contributed by atoms with Crippen LogP contribution >= 0.6 is 0 Å². The van der Waals surface area contributed by atoms with Crippen molar-refractivity contribution in [1.82, 2.24) is 10.6 Å². The Balaban J connectivity index is 2.18. The summed E-state index contributed by atoms with van der Waals surface area (Å²) in [4.78, 5) is 0. The van der Waals surface area contributed by atoms with Crippen LogP contribution in [0.1, 0.15) is 0 Å². The van der Waals surface area contributed by atoms with Gasteiger partial charge in [-0.15, -0.1) is 0 Å². The van der Waals surface area contributed by atoms with Crippen LogP contribution in [0.5, 0.6) is 0 Å². The molecule has 0 radical (unpaired) electrons. The fourth-order valence-electron chi connectivity index (χ4n) is 1.52. The molecule has 14 heavy (non-hydrogen) atoms. The predicted octanol–water partition coefficient (Wildman–Crippen LogP) is 0.373. The van der Waals surface area contributed by atoms with Crippen LogP contribution < -0.4 is 10.6 Å². The van der Waals surface area contributed by atoms with Gasteiger partial charge in [0.2, 0.25) is 0 Å². The van der Waals surface area contributed by atoms with Gasteiger partial charge in [-0.2, -0.15) is 13.2 Å². The fraction of sp³-hybridized carbons (Fsp3) is 1.00. The van der Waals surface area contributed by atoms with E-state index in [1.54, 1.807) is 7.05 Å². The molecule has 84 valence electrons. The van der Waals surface area contributed by atoms with Crippen molar-refractivity contribution in [2.45, 2.75) is 12.2 Å². The van der Waals surface area contributed by atoms with E-state index in [0.29, 0.717) is 19.8 Å². The fourth-order valence-corrected chi connectivity index (χ4v) is 1.52. The van der Waals surface area contributed by atoms with Crippen LogP contribution in [0.2, 0.25) is 0 Å². The standard InChI is InChI=1S/C8H15F3N2O/c1-12-7-4-14-3-6(7)2-13-5-8(9,10)11/h6-7,12-13H,2-5H2,1H3. The number of halogens is 3. The highest BCUT2D eigenvalue weighted by Crippen LogP contribution is 2.15. The van der Waals surface area contributed by atoms with Gasteiger partial charge < -0.3 is 15.4 Å². The highest BCUT2D eigenvalue weighted by atomic mass is 19.4. The Labute approximate surface area is 81.0 Å². The topological polar surface area (TPSA) is 33.3 Å². The van der Waals surface area contributed by atoms with Gasteiger partial charge >= 0.3 is 6.18 Å². The van der Waals surface area contributed by atoms with Gasteiger partial charge in [0.25, 0.3) is 0 Å². The van der Waals surface area contributed by atoms with Gasteiger partial charge in [0.1, 0.15) is 0 Å². The Bertz CT molecular complexity index is 174. The molecule has 2 N–H and O–H groups in total. The largest absolute Gasteiger partial charge is 0.401 e. The lowest BCUT2D eigenvalue weighted by molar-refractivity contribution is -0.125. The first-order valence-corrected chi connectivity index (χ1v) is 4.55. The molecule has 0 bridgehead atoms. The molecule has 0 spiro atoms. The zero-order valence-corrected chi connectivity index (χ0v) is 8.03. The van der Waals surface area contributed by atoms with E-state index in [0.717, 1.165) is 0 Å². The van der Waals surface area contributed by atoms with E-state index < -0.39 is 12.7 Å². The van der Waals surface area contributed by atoms with Crippen LogP contribution in [0.3, 0.4) is 0 Å². The lowest BCUT2D eigenvalue weighted by Crippen LogP contribution is -2.40. The third kappa shape index (κ3) is 3.81. The van der Waals surface area contributed by atoms with E-state index in [1.165, 1.54) is 0 Å². The average Bonchev–Trinajstić information content (AvgIpc) is 2.49. The van der Waals surface area contributed by atoms with E-state index in [4.69, 9.17) is 4.74 Å². The van der Waals surface area contributed by atoms with E-state index >= 15 is 0 Å². The average molecular weight is 212 g/mol. The Hall–Kier alpha value is -0.330. The maximum atomic E-state index is 11.8. The van der Waals surface area contributed by atoms with Crippen molar-refractivity contribution in [3.8, 4) is 0 Å². The molecule has 2 atom stereocenters. The number of nitrogens with one attached hydrogen (secondary N) is 2. The first-order valence-electron chi connectivity index (χ1n) is 4.55. The van der Waals surface area contributed by atoms with Gasteiger partial charge in [-0.1, -0.05) is 0 Å². The number of ether oxygens (including phenoxy) is 1. The number of rotatable bonds is 4. The van der Waals surface area contributed by atoms with Crippen LogP contribution in [0.15, 0.2) is 0 Å². The smallest absolute Gasteiger partial charge is 0.379 e. The van der Waals surface area contributed by atoms with Crippen LogP contribution in [-0.2, 0) is 4.74 Å². The van der Waals surface area contributed by atoms with E-state index in [2.05, 4.69) is 10.6 Å². The molecule has 3 nitrogen and oxygen atoms in total. The summed E-state index contributed by atoms with van der Waals surface area (Å²) in [6.45, 7) is 0.510. The minimum absolute atomic E-state index is 0.127. The van der Waals surface area contributed by atoms with Crippen molar-refractivity contribution in [3.63, 3.8) is 0 Å². The first kappa shape index (κ1) is 11.7. The highest BCUT2D eigenvalue weighted by Gasteiger charge is 2.30. The molecule has 1 rings (SSSR count). The second-order valence-electron chi connectivity index (χ2n) is 3.44. The minimum Gasteiger partial charge on any atom is -0.379 e.